The molecular formula is C8H17NO. The summed E-state index contributed by atoms with van der Waals surface area (Å²) in [6, 6.07) is 0. The lowest BCUT2D eigenvalue weighted by atomic mass is 10.1. The summed E-state index contributed by atoms with van der Waals surface area (Å²) in [7, 11) is 2.15. The second kappa shape index (κ2) is 3.35. The fraction of sp³-hybridized carbons (Fsp3) is 1.00. The molecule has 10 heavy (non-hydrogen) atoms. The standard InChI is InChI=1S/C8H17NO/c1-4-10-8-6-9(3)5-7(8)2/h7-8H,4-6H2,1-3H3/t7-,8-/m0/s1. The molecule has 2 heteroatoms. The number of ether oxygens (including phenoxy) is 1. The highest BCUT2D eigenvalue weighted by Gasteiger charge is 2.26. The molecule has 60 valence electrons. The molecule has 1 aliphatic rings. The first-order valence-electron chi connectivity index (χ1n) is 4.04. The van der Waals surface area contributed by atoms with Crippen LogP contribution in [0.15, 0.2) is 0 Å². The zero-order valence-electron chi connectivity index (χ0n) is 7.13. The Labute approximate surface area is 63.2 Å². The molecule has 0 N–H and O–H groups in total. The van der Waals surface area contributed by atoms with Gasteiger partial charge in [-0.15, -0.1) is 0 Å². The number of likely N-dealkylation sites (N-methyl/N-ethyl adjacent to an activating group) is 1. The maximum absolute atomic E-state index is 5.54. The average Bonchev–Trinajstić information content (AvgIpc) is 2.13. The molecule has 0 spiro atoms. The molecule has 1 fully saturated rings. The molecule has 1 heterocycles. The molecule has 0 saturated carbocycles. The van der Waals surface area contributed by atoms with Crippen LogP contribution in [0.5, 0.6) is 0 Å². The molecule has 0 aromatic rings. The Bertz CT molecular complexity index is 105. The lowest BCUT2D eigenvalue weighted by Gasteiger charge is -2.13. The van der Waals surface area contributed by atoms with Crippen molar-refractivity contribution >= 4 is 0 Å². The minimum atomic E-state index is 0.481. The van der Waals surface area contributed by atoms with E-state index in [1.54, 1.807) is 0 Å². The van der Waals surface area contributed by atoms with Gasteiger partial charge in [-0.25, -0.2) is 0 Å². The van der Waals surface area contributed by atoms with Gasteiger partial charge in [0.25, 0.3) is 0 Å². The number of likely N-dealkylation sites (tertiary alicyclic amines) is 1. The monoisotopic (exact) mass is 143 g/mol. The normalized spacial score (nSPS) is 35.1. The van der Waals surface area contributed by atoms with E-state index in [0.717, 1.165) is 13.2 Å². The Morgan fingerprint density at radius 3 is 2.60 bits per heavy atom. The van der Waals surface area contributed by atoms with E-state index in [4.69, 9.17) is 4.74 Å². The summed E-state index contributed by atoms with van der Waals surface area (Å²) >= 11 is 0. The quantitative estimate of drug-likeness (QED) is 0.571. The average molecular weight is 143 g/mol. The molecule has 1 aliphatic heterocycles. The zero-order valence-corrected chi connectivity index (χ0v) is 7.13. The second-order valence-electron chi connectivity index (χ2n) is 3.19. The molecule has 0 unspecified atom stereocenters. The first kappa shape index (κ1) is 8.02. The third kappa shape index (κ3) is 1.70. The molecule has 0 amide bonds. The minimum Gasteiger partial charge on any atom is -0.377 e. The predicted octanol–water partition coefficient (Wildman–Crippen LogP) is 0.973. The van der Waals surface area contributed by atoms with Crippen molar-refractivity contribution in [3.05, 3.63) is 0 Å². The highest BCUT2D eigenvalue weighted by Crippen LogP contribution is 2.17. The smallest absolute Gasteiger partial charge is 0.0739 e. The number of rotatable bonds is 2. The molecule has 1 rings (SSSR count). The van der Waals surface area contributed by atoms with Crippen LogP contribution in [-0.4, -0.2) is 37.7 Å². The second-order valence-corrected chi connectivity index (χ2v) is 3.19. The van der Waals surface area contributed by atoms with Crippen molar-refractivity contribution in [2.24, 2.45) is 5.92 Å². The largest absolute Gasteiger partial charge is 0.377 e. The van der Waals surface area contributed by atoms with Crippen LogP contribution in [0.3, 0.4) is 0 Å². The van der Waals surface area contributed by atoms with E-state index in [1.807, 2.05) is 0 Å². The van der Waals surface area contributed by atoms with E-state index in [2.05, 4.69) is 25.8 Å². The maximum atomic E-state index is 5.54. The summed E-state index contributed by atoms with van der Waals surface area (Å²) < 4.78 is 5.54. The Kier molecular flexibility index (Phi) is 2.69. The molecule has 2 atom stereocenters. The number of hydrogen-bond acceptors (Lipinski definition) is 2. The molecule has 1 saturated heterocycles. The maximum Gasteiger partial charge on any atom is 0.0739 e. The van der Waals surface area contributed by atoms with Crippen molar-refractivity contribution < 1.29 is 4.74 Å². The molecule has 0 aromatic heterocycles. The summed E-state index contributed by atoms with van der Waals surface area (Å²) in [5.41, 5.74) is 0. The lowest BCUT2D eigenvalue weighted by Crippen LogP contribution is -2.21. The molecule has 0 bridgehead atoms. The van der Waals surface area contributed by atoms with E-state index >= 15 is 0 Å². The molecule has 0 radical (unpaired) electrons. The van der Waals surface area contributed by atoms with Gasteiger partial charge in [-0.05, 0) is 19.9 Å². The Morgan fingerprint density at radius 1 is 1.50 bits per heavy atom. The summed E-state index contributed by atoms with van der Waals surface area (Å²) in [5, 5.41) is 0. The highest BCUT2D eigenvalue weighted by atomic mass is 16.5. The third-order valence-corrected chi connectivity index (χ3v) is 2.11. The van der Waals surface area contributed by atoms with Gasteiger partial charge in [0.2, 0.25) is 0 Å². The van der Waals surface area contributed by atoms with E-state index in [-0.39, 0.29) is 0 Å². The summed E-state index contributed by atoms with van der Waals surface area (Å²) in [4.78, 5) is 2.32. The minimum absolute atomic E-state index is 0.481. The van der Waals surface area contributed by atoms with Crippen LogP contribution in [0.2, 0.25) is 0 Å². The Balaban J connectivity index is 2.31. The SMILES string of the molecule is CCO[C@H]1CN(C)C[C@@H]1C. The molecule has 0 aliphatic carbocycles. The van der Waals surface area contributed by atoms with Gasteiger partial charge in [-0.2, -0.15) is 0 Å². The van der Waals surface area contributed by atoms with Crippen LogP contribution in [0.1, 0.15) is 13.8 Å². The third-order valence-electron chi connectivity index (χ3n) is 2.11. The van der Waals surface area contributed by atoms with E-state index in [0.29, 0.717) is 12.0 Å². The van der Waals surface area contributed by atoms with Gasteiger partial charge >= 0.3 is 0 Å². The van der Waals surface area contributed by atoms with Crippen molar-refractivity contribution in [3.8, 4) is 0 Å². The van der Waals surface area contributed by atoms with Gasteiger partial charge < -0.3 is 9.64 Å². The van der Waals surface area contributed by atoms with Crippen molar-refractivity contribution in [3.63, 3.8) is 0 Å². The Hall–Kier alpha value is -0.0800. The fourth-order valence-electron chi connectivity index (χ4n) is 1.60. The van der Waals surface area contributed by atoms with E-state index in [1.165, 1.54) is 6.54 Å². The molecule has 0 aromatic carbocycles. The summed E-state index contributed by atoms with van der Waals surface area (Å²) in [5.74, 6) is 0.713. The zero-order chi connectivity index (χ0) is 7.56. The van der Waals surface area contributed by atoms with Crippen LogP contribution in [0.25, 0.3) is 0 Å². The van der Waals surface area contributed by atoms with Crippen molar-refractivity contribution in [1.29, 1.82) is 0 Å². The van der Waals surface area contributed by atoms with Crippen molar-refractivity contribution in [1.82, 2.24) is 4.90 Å². The predicted molar refractivity (Wildman–Crippen MR) is 42.1 cm³/mol. The topological polar surface area (TPSA) is 12.5 Å². The van der Waals surface area contributed by atoms with Gasteiger partial charge in [0.05, 0.1) is 6.10 Å². The number of hydrogen-bond donors (Lipinski definition) is 0. The first-order chi connectivity index (χ1) is 4.74. The first-order valence-corrected chi connectivity index (χ1v) is 4.04. The van der Waals surface area contributed by atoms with Crippen molar-refractivity contribution in [2.45, 2.75) is 20.0 Å². The van der Waals surface area contributed by atoms with Crippen molar-refractivity contribution in [2.75, 3.05) is 26.7 Å². The summed E-state index contributed by atoms with van der Waals surface area (Å²) in [6.45, 7) is 7.46. The van der Waals surface area contributed by atoms with Crippen LogP contribution in [0.4, 0.5) is 0 Å². The van der Waals surface area contributed by atoms with Crippen LogP contribution >= 0.6 is 0 Å². The molecule has 2 nitrogen and oxygen atoms in total. The van der Waals surface area contributed by atoms with Gasteiger partial charge in [-0.1, -0.05) is 6.92 Å². The van der Waals surface area contributed by atoms with E-state index in [9.17, 15) is 0 Å². The van der Waals surface area contributed by atoms with Gasteiger partial charge in [0.15, 0.2) is 0 Å². The lowest BCUT2D eigenvalue weighted by molar-refractivity contribution is 0.0483. The fourth-order valence-corrected chi connectivity index (χ4v) is 1.60. The summed E-state index contributed by atoms with van der Waals surface area (Å²) in [6.07, 6.45) is 0.481. The number of nitrogens with zero attached hydrogens (tertiary/aromatic N) is 1. The Morgan fingerprint density at radius 2 is 2.20 bits per heavy atom. The van der Waals surface area contributed by atoms with Crippen LogP contribution in [0, 0.1) is 5.92 Å². The van der Waals surface area contributed by atoms with Crippen LogP contribution in [-0.2, 0) is 4.74 Å². The van der Waals surface area contributed by atoms with Gasteiger partial charge in [0.1, 0.15) is 0 Å². The van der Waals surface area contributed by atoms with Crippen LogP contribution < -0.4 is 0 Å². The highest BCUT2D eigenvalue weighted by molar-refractivity contribution is 4.79. The van der Waals surface area contributed by atoms with Gasteiger partial charge in [-0.3, -0.25) is 0 Å². The van der Waals surface area contributed by atoms with E-state index < -0.39 is 0 Å². The molecular weight excluding hydrogens is 126 g/mol. The van der Waals surface area contributed by atoms with Gasteiger partial charge in [0, 0.05) is 19.7 Å².